The third-order valence-electron chi connectivity index (χ3n) is 14.9. The predicted molar refractivity (Wildman–Crippen MR) is 260 cm³/mol. The molecule has 4 aliphatic rings. The summed E-state index contributed by atoms with van der Waals surface area (Å²) in [6.45, 7) is 9.53. The highest BCUT2D eigenvalue weighted by atomic mass is 16.3. The van der Waals surface area contributed by atoms with Crippen LogP contribution in [0.3, 0.4) is 0 Å². The average molecular weight is 793 g/mol. The number of rotatable bonds is 2. The van der Waals surface area contributed by atoms with Crippen molar-refractivity contribution in [3.05, 3.63) is 198 Å². The second kappa shape index (κ2) is 11.7. The number of benzene rings is 9. The van der Waals surface area contributed by atoms with Gasteiger partial charge in [0.15, 0.2) is 0 Å². The average Bonchev–Trinajstić information content (AvgIpc) is 3.79. The van der Waals surface area contributed by atoms with E-state index in [0.717, 1.165) is 16.6 Å². The number of para-hydroxylation sites is 2. The molecule has 292 valence electrons. The summed E-state index contributed by atoms with van der Waals surface area (Å²) in [6.07, 6.45) is 0. The highest BCUT2D eigenvalue weighted by Crippen LogP contribution is 2.59. The van der Waals surface area contributed by atoms with Gasteiger partial charge in [0.05, 0.1) is 5.69 Å². The van der Waals surface area contributed by atoms with Crippen molar-refractivity contribution in [1.82, 2.24) is 0 Å². The summed E-state index contributed by atoms with van der Waals surface area (Å²) in [5.41, 5.74) is 23.1. The lowest BCUT2D eigenvalue weighted by Crippen LogP contribution is -2.62. The van der Waals surface area contributed by atoms with Crippen LogP contribution in [0.25, 0.3) is 66.1 Å². The lowest BCUT2D eigenvalue weighted by molar-refractivity contribution is 0.633. The molecule has 3 nitrogen and oxygen atoms in total. The lowest BCUT2D eigenvalue weighted by Gasteiger charge is -2.51. The molecule has 0 fully saturated rings. The Morgan fingerprint density at radius 3 is 2.06 bits per heavy atom. The van der Waals surface area contributed by atoms with Gasteiger partial charge in [0.2, 0.25) is 0 Å². The fraction of sp³-hybridized carbons (Fsp3) is 0.103. The van der Waals surface area contributed by atoms with Crippen LogP contribution in [-0.2, 0) is 10.8 Å². The molecule has 4 heteroatoms. The zero-order valence-corrected chi connectivity index (χ0v) is 35.1. The Kier molecular flexibility index (Phi) is 6.52. The maximum Gasteiger partial charge on any atom is 0.333 e. The molecule has 10 aromatic rings. The van der Waals surface area contributed by atoms with Crippen molar-refractivity contribution in [2.45, 2.75) is 38.5 Å². The Labute approximate surface area is 361 Å². The number of hydrogen-bond donors (Lipinski definition) is 0. The molecule has 1 aromatic heterocycles. The van der Waals surface area contributed by atoms with Crippen LogP contribution in [0, 0.1) is 0 Å². The predicted octanol–water partition coefficient (Wildman–Crippen LogP) is 14.1. The Hall–Kier alpha value is -7.30. The van der Waals surface area contributed by atoms with E-state index >= 15 is 0 Å². The molecule has 1 aliphatic carbocycles. The van der Waals surface area contributed by atoms with Crippen LogP contribution in [0.4, 0.5) is 28.4 Å². The van der Waals surface area contributed by atoms with E-state index in [1.165, 1.54) is 111 Å². The quantitative estimate of drug-likeness (QED) is 0.163. The minimum Gasteiger partial charge on any atom is -0.456 e. The van der Waals surface area contributed by atoms with Gasteiger partial charge in [0, 0.05) is 56.0 Å². The second-order valence-corrected chi connectivity index (χ2v) is 18.8. The lowest BCUT2D eigenvalue weighted by atomic mass is 9.42. The maximum absolute atomic E-state index is 6.95. The van der Waals surface area contributed by atoms with Gasteiger partial charge < -0.3 is 14.1 Å². The fourth-order valence-electron chi connectivity index (χ4n) is 12.2. The molecule has 0 N–H and O–H groups in total. The third kappa shape index (κ3) is 4.22. The van der Waals surface area contributed by atoms with Crippen LogP contribution in [-0.4, -0.2) is 6.85 Å². The smallest absolute Gasteiger partial charge is 0.333 e. The van der Waals surface area contributed by atoms with Crippen LogP contribution in [0.2, 0.25) is 0 Å². The highest BCUT2D eigenvalue weighted by molar-refractivity contribution is 6.94. The van der Waals surface area contributed by atoms with Crippen molar-refractivity contribution in [2.75, 3.05) is 9.71 Å². The molecule has 0 spiro atoms. The number of anilines is 5. The van der Waals surface area contributed by atoms with Crippen molar-refractivity contribution in [2.24, 2.45) is 0 Å². The Morgan fingerprint density at radius 1 is 0.468 bits per heavy atom. The third-order valence-corrected chi connectivity index (χ3v) is 14.9. The summed E-state index contributed by atoms with van der Waals surface area (Å²) < 4.78 is 6.95. The molecule has 62 heavy (non-hydrogen) atoms. The largest absolute Gasteiger partial charge is 0.456 e. The van der Waals surface area contributed by atoms with Crippen molar-refractivity contribution >= 4 is 78.9 Å². The second-order valence-electron chi connectivity index (χ2n) is 18.8. The monoisotopic (exact) mass is 792 g/mol. The van der Waals surface area contributed by atoms with Crippen molar-refractivity contribution in [3.8, 4) is 33.4 Å². The number of furan rings is 1. The summed E-state index contributed by atoms with van der Waals surface area (Å²) >= 11 is 0. The van der Waals surface area contributed by atoms with Gasteiger partial charge in [-0.3, -0.25) is 0 Å². The topological polar surface area (TPSA) is 19.6 Å². The first kappa shape index (κ1) is 34.4. The van der Waals surface area contributed by atoms with Gasteiger partial charge in [-0.25, -0.2) is 0 Å². The van der Waals surface area contributed by atoms with Crippen LogP contribution in [0.1, 0.15) is 49.9 Å². The van der Waals surface area contributed by atoms with E-state index in [2.05, 4.69) is 213 Å². The van der Waals surface area contributed by atoms with E-state index in [1.54, 1.807) is 0 Å². The Bertz CT molecular complexity index is 3620. The Morgan fingerprint density at radius 2 is 1.19 bits per heavy atom. The van der Waals surface area contributed by atoms with Gasteiger partial charge in [-0.15, -0.1) is 0 Å². The normalized spacial score (nSPS) is 15.6. The van der Waals surface area contributed by atoms with Gasteiger partial charge in [-0.05, 0) is 102 Å². The molecule has 0 saturated heterocycles. The molecule has 0 unspecified atom stereocenters. The highest BCUT2D eigenvalue weighted by Gasteiger charge is 2.51. The number of nitrogens with zero attached hydrogens (tertiary/aromatic N) is 2. The summed E-state index contributed by atoms with van der Waals surface area (Å²) in [5.74, 6) is 0. The molecular formula is C58H41BN2O. The molecule has 0 radical (unpaired) electrons. The first-order chi connectivity index (χ1) is 30.3. The van der Waals surface area contributed by atoms with E-state index in [1.807, 2.05) is 0 Å². The summed E-state index contributed by atoms with van der Waals surface area (Å²) in [6, 6.07) is 65.9. The molecule has 9 aromatic carbocycles. The van der Waals surface area contributed by atoms with Crippen LogP contribution >= 0.6 is 0 Å². The Balaban J connectivity index is 1.17. The van der Waals surface area contributed by atoms with Gasteiger partial charge >= 0.3 is 6.85 Å². The fourth-order valence-corrected chi connectivity index (χ4v) is 12.2. The summed E-state index contributed by atoms with van der Waals surface area (Å²) in [5, 5.41) is 4.83. The molecule has 0 bridgehead atoms. The molecule has 3 aliphatic heterocycles. The minimum absolute atomic E-state index is 0.147. The zero-order valence-electron chi connectivity index (χ0n) is 35.1. The standard InChI is InChI=1S/C58H41BN2O/c1-57(2)43-24-15-25-45-56(43)60(48-32-36-19-9-8-18-35(36)30-44(48)57)49-33-51-52(41-21-11-13-27-50(41)62-51)53-40-29-28-37(34-16-6-5-7-17-34)31-47(40)61(59(45)55(49)53)46-26-14-22-39-38-20-10-12-23-42(38)58(3,4)54(39)46/h5-33H,1-4H3. The van der Waals surface area contributed by atoms with Crippen molar-refractivity contribution in [3.63, 3.8) is 0 Å². The van der Waals surface area contributed by atoms with E-state index in [4.69, 9.17) is 4.42 Å². The number of fused-ring (bicyclic) bond motifs is 14. The molecule has 0 saturated carbocycles. The SMILES string of the molecule is CC1(C)c2cc3ccccc3cc2N2c3cc4oc5ccccc5c4c4c3B(c3cccc1c32)N(c1cccc2c1C(C)(C)c1ccccc1-2)c1cc(-c2ccccc2)ccc1-4. The molecular weight excluding hydrogens is 751 g/mol. The zero-order chi connectivity index (χ0) is 41.2. The van der Waals surface area contributed by atoms with E-state index in [9.17, 15) is 0 Å². The van der Waals surface area contributed by atoms with E-state index in [0.29, 0.717) is 0 Å². The molecule has 0 atom stereocenters. The molecule has 4 heterocycles. The molecule has 0 amide bonds. The van der Waals surface area contributed by atoms with Gasteiger partial charge in [-0.2, -0.15) is 0 Å². The first-order valence-corrected chi connectivity index (χ1v) is 22.0. The summed E-state index contributed by atoms with van der Waals surface area (Å²) in [4.78, 5) is 5.35. The molecule has 14 rings (SSSR count). The van der Waals surface area contributed by atoms with E-state index in [-0.39, 0.29) is 17.7 Å². The number of hydrogen-bond acceptors (Lipinski definition) is 3. The maximum atomic E-state index is 6.95. The van der Waals surface area contributed by atoms with Gasteiger partial charge in [-0.1, -0.05) is 167 Å². The van der Waals surface area contributed by atoms with Crippen LogP contribution in [0.15, 0.2) is 180 Å². The van der Waals surface area contributed by atoms with E-state index < -0.39 is 0 Å². The van der Waals surface area contributed by atoms with Crippen LogP contribution in [0.5, 0.6) is 0 Å². The van der Waals surface area contributed by atoms with Crippen molar-refractivity contribution in [1.29, 1.82) is 0 Å². The minimum atomic E-state index is -0.263. The van der Waals surface area contributed by atoms with Crippen molar-refractivity contribution < 1.29 is 4.42 Å². The van der Waals surface area contributed by atoms with Gasteiger partial charge in [0.25, 0.3) is 0 Å². The first-order valence-electron chi connectivity index (χ1n) is 22.0. The summed E-state index contributed by atoms with van der Waals surface area (Å²) in [7, 11) is 0. The van der Waals surface area contributed by atoms with Crippen LogP contribution < -0.4 is 20.6 Å². The van der Waals surface area contributed by atoms with Gasteiger partial charge in [0.1, 0.15) is 11.2 Å².